The van der Waals surface area contributed by atoms with Gasteiger partial charge in [-0.05, 0) is 54.0 Å². The normalized spacial score (nSPS) is 16.6. The van der Waals surface area contributed by atoms with Gasteiger partial charge in [0.25, 0.3) is 0 Å². The van der Waals surface area contributed by atoms with Crippen LogP contribution in [0, 0.1) is 6.92 Å². The third-order valence-corrected chi connectivity index (χ3v) is 5.40. The number of hydrogen-bond donors (Lipinski definition) is 0. The fraction of sp³-hybridized carbons (Fsp3) is 0.292. The Morgan fingerprint density at radius 2 is 1.64 bits per heavy atom. The highest BCUT2D eigenvalue weighted by Gasteiger charge is 2.17. The summed E-state index contributed by atoms with van der Waals surface area (Å²) in [6, 6.07) is 21.6. The monoisotopic (exact) mass is 329 g/mol. The van der Waals surface area contributed by atoms with Crippen molar-refractivity contribution in [2.45, 2.75) is 38.5 Å². The van der Waals surface area contributed by atoms with Crippen molar-refractivity contribution in [2.24, 2.45) is 7.05 Å². The molecule has 0 spiro atoms. The molecule has 126 valence electrons. The summed E-state index contributed by atoms with van der Waals surface area (Å²) in [5.74, 6) is -0.367. The molecule has 0 unspecified atom stereocenters. The van der Waals surface area contributed by atoms with Crippen LogP contribution in [0.3, 0.4) is 0 Å². The molecule has 1 fully saturated rings. The molecule has 0 bridgehead atoms. The van der Waals surface area contributed by atoms with Crippen molar-refractivity contribution in [1.29, 1.82) is 0 Å². The zero-order chi connectivity index (χ0) is 18.1. The van der Waals surface area contributed by atoms with Crippen molar-refractivity contribution < 1.29 is 5.94 Å². The van der Waals surface area contributed by atoms with Gasteiger partial charge in [0, 0.05) is 19.1 Å². The van der Waals surface area contributed by atoms with Crippen molar-refractivity contribution >= 4 is 0 Å². The largest absolute Gasteiger partial charge is 0.213 e. The van der Waals surface area contributed by atoms with E-state index in [-0.39, 0.29) is 5.89 Å². The number of rotatable bonds is 3. The Morgan fingerprint density at radius 3 is 2.36 bits per heavy atom. The van der Waals surface area contributed by atoms with Gasteiger partial charge in [0.05, 0.1) is 0 Å². The highest BCUT2D eigenvalue weighted by molar-refractivity contribution is 5.70. The van der Waals surface area contributed by atoms with Gasteiger partial charge in [-0.15, -0.1) is 0 Å². The summed E-state index contributed by atoms with van der Waals surface area (Å²) >= 11 is 0. The number of aryl methyl sites for hydroxylation is 2. The molecule has 4 rings (SSSR count). The predicted octanol–water partition coefficient (Wildman–Crippen LogP) is 5.81. The number of hydrogen-bond acceptors (Lipinski definition) is 0. The Bertz CT molecular complexity index is 921. The van der Waals surface area contributed by atoms with Crippen molar-refractivity contribution in [3.8, 4) is 22.4 Å². The molecule has 0 amide bonds. The molecule has 25 heavy (non-hydrogen) atoms. The lowest BCUT2D eigenvalue weighted by atomic mass is 9.94. The van der Waals surface area contributed by atoms with Crippen LogP contribution in [0.2, 0.25) is 0 Å². The minimum atomic E-state index is -0.367. The Kier molecular flexibility index (Phi) is 4.07. The quantitative estimate of drug-likeness (QED) is 0.534. The van der Waals surface area contributed by atoms with Crippen LogP contribution in [0.25, 0.3) is 22.4 Å². The lowest BCUT2D eigenvalue weighted by Gasteiger charge is -2.11. The number of nitrogens with zero attached hydrogens (tertiary/aromatic N) is 1. The third kappa shape index (κ3) is 3.24. The van der Waals surface area contributed by atoms with Gasteiger partial charge in [-0.1, -0.05) is 55.3 Å². The summed E-state index contributed by atoms with van der Waals surface area (Å²) < 4.78 is 10.9. The minimum absolute atomic E-state index is 0.367. The first-order valence-corrected chi connectivity index (χ1v) is 9.23. The smallest absolute Gasteiger partial charge is 0.201 e. The van der Waals surface area contributed by atoms with Gasteiger partial charge in [0.2, 0.25) is 5.69 Å². The fourth-order valence-corrected chi connectivity index (χ4v) is 3.87. The van der Waals surface area contributed by atoms with Crippen LogP contribution < -0.4 is 4.57 Å². The summed E-state index contributed by atoms with van der Waals surface area (Å²) in [5.41, 5.74) is 7.37. The van der Waals surface area contributed by atoms with E-state index in [1.54, 1.807) is 0 Å². The molecular weight excluding hydrogens is 302 g/mol. The van der Waals surface area contributed by atoms with E-state index in [2.05, 4.69) is 85.4 Å². The maximum atomic E-state index is 8.69. The second-order valence-corrected chi connectivity index (χ2v) is 7.11. The van der Waals surface area contributed by atoms with E-state index in [4.69, 9.17) is 1.37 Å². The van der Waals surface area contributed by atoms with Crippen molar-refractivity contribution in [3.05, 3.63) is 78.0 Å². The molecule has 0 radical (unpaired) electrons. The lowest BCUT2D eigenvalue weighted by Crippen LogP contribution is -2.30. The van der Waals surface area contributed by atoms with Crippen molar-refractivity contribution in [2.75, 3.05) is 0 Å². The average molecular weight is 329 g/mol. The molecular formula is C24H26N+. The van der Waals surface area contributed by atoms with Gasteiger partial charge in [-0.2, -0.15) is 0 Å². The first-order valence-electron chi connectivity index (χ1n) is 9.73. The molecule has 1 saturated carbocycles. The molecule has 1 aliphatic rings. The average Bonchev–Trinajstić information content (AvgIpc) is 3.11. The maximum Gasteiger partial charge on any atom is 0.213 e. The van der Waals surface area contributed by atoms with Crippen molar-refractivity contribution in [1.82, 2.24) is 0 Å². The van der Waals surface area contributed by atoms with E-state index in [9.17, 15) is 0 Å². The summed E-state index contributed by atoms with van der Waals surface area (Å²) in [7, 11) is 2.10. The fourth-order valence-electron chi connectivity index (χ4n) is 3.87. The maximum absolute atomic E-state index is 8.69. The Hall–Kier alpha value is -2.41. The zero-order valence-electron chi connectivity index (χ0n) is 16.1. The van der Waals surface area contributed by atoms with Crippen LogP contribution in [0.4, 0.5) is 0 Å². The Morgan fingerprint density at radius 1 is 0.920 bits per heavy atom. The van der Waals surface area contributed by atoms with Gasteiger partial charge in [0.1, 0.15) is 7.05 Å². The minimum Gasteiger partial charge on any atom is -0.201 e. The molecule has 0 N–H and O–H groups in total. The first kappa shape index (κ1) is 14.9. The van der Waals surface area contributed by atoms with E-state index in [1.165, 1.54) is 46.4 Å². The standard InChI is InChI=1S/C24H26N/c1-18-7-3-6-10-23(18)24-17-22(15-16-25(24)2)21-13-11-20(12-14-21)19-8-4-5-9-19/h3,6-7,10-17,19H,4-5,8-9H2,1-2H3/q+1/i19D. The topological polar surface area (TPSA) is 3.88 Å². The summed E-state index contributed by atoms with van der Waals surface area (Å²) in [6.07, 6.45) is 6.48. The SMILES string of the molecule is [2H]C1(c2ccc(-c3cc[n+](C)c(-c4ccccc4C)c3)cc2)CCCC1. The lowest BCUT2D eigenvalue weighted by molar-refractivity contribution is -0.660. The van der Waals surface area contributed by atoms with Crippen LogP contribution in [0.1, 0.15) is 44.1 Å². The summed E-state index contributed by atoms with van der Waals surface area (Å²) in [5, 5.41) is 0. The molecule has 1 nitrogen and oxygen atoms in total. The highest BCUT2D eigenvalue weighted by Crippen LogP contribution is 2.35. The molecule has 3 aromatic rings. The molecule has 2 aromatic carbocycles. The second kappa shape index (κ2) is 6.84. The van der Waals surface area contributed by atoms with Crippen molar-refractivity contribution in [3.63, 3.8) is 0 Å². The molecule has 0 aliphatic heterocycles. The van der Waals surface area contributed by atoms with E-state index >= 15 is 0 Å². The summed E-state index contributed by atoms with van der Waals surface area (Å²) in [6.45, 7) is 2.16. The van der Waals surface area contributed by atoms with Crippen LogP contribution in [0.5, 0.6) is 0 Å². The number of benzene rings is 2. The number of pyridine rings is 1. The van der Waals surface area contributed by atoms with E-state index in [1.807, 2.05) is 0 Å². The molecule has 1 aromatic heterocycles. The number of aromatic nitrogens is 1. The van der Waals surface area contributed by atoms with Crippen LogP contribution in [-0.4, -0.2) is 0 Å². The van der Waals surface area contributed by atoms with Gasteiger partial charge in [0.15, 0.2) is 6.20 Å². The Labute approximate surface area is 152 Å². The molecule has 0 atom stereocenters. The van der Waals surface area contributed by atoms with Gasteiger partial charge in [-0.3, -0.25) is 0 Å². The summed E-state index contributed by atoms with van der Waals surface area (Å²) in [4.78, 5) is 0. The molecule has 1 heteroatoms. The first-order chi connectivity index (χ1) is 12.6. The molecule has 0 saturated heterocycles. The molecule has 1 heterocycles. The predicted molar refractivity (Wildman–Crippen MR) is 104 cm³/mol. The van der Waals surface area contributed by atoms with Gasteiger partial charge in [-0.25, -0.2) is 4.57 Å². The van der Waals surface area contributed by atoms with Crippen LogP contribution in [-0.2, 0) is 7.05 Å². The van der Waals surface area contributed by atoms with E-state index in [0.29, 0.717) is 0 Å². The van der Waals surface area contributed by atoms with Crippen LogP contribution >= 0.6 is 0 Å². The van der Waals surface area contributed by atoms with Gasteiger partial charge < -0.3 is 0 Å². The zero-order valence-corrected chi connectivity index (χ0v) is 15.1. The van der Waals surface area contributed by atoms with E-state index in [0.717, 1.165) is 12.8 Å². The second-order valence-electron chi connectivity index (χ2n) is 7.11. The molecule has 1 aliphatic carbocycles. The Balaban J connectivity index is 1.70. The van der Waals surface area contributed by atoms with E-state index < -0.39 is 0 Å². The van der Waals surface area contributed by atoms with Crippen LogP contribution in [0.15, 0.2) is 66.9 Å². The van der Waals surface area contributed by atoms with Gasteiger partial charge >= 0.3 is 0 Å². The third-order valence-electron chi connectivity index (χ3n) is 5.40. The highest BCUT2D eigenvalue weighted by atomic mass is 14.9.